The number of hydrogen-bond acceptors (Lipinski definition) is 2. The van der Waals surface area contributed by atoms with E-state index < -0.39 is 0 Å². The van der Waals surface area contributed by atoms with Gasteiger partial charge in [-0.05, 0) is 24.1 Å². The summed E-state index contributed by atoms with van der Waals surface area (Å²) >= 11 is 1.77. The van der Waals surface area contributed by atoms with Crippen molar-refractivity contribution in [1.82, 2.24) is 5.32 Å². The number of thioether (sulfide) groups is 1. The average Bonchev–Trinajstić information content (AvgIpc) is 2.51. The molecular formula is C18H20FNOS. The molecule has 0 radical (unpaired) electrons. The molecule has 2 aromatic rings. The molecule has 1 N–H and O–H groups in total. The maximum Gasteiger partial charge on any atom is 0.224 e. The number of amides is 1. The standard InChI is InChI=1S/C18H20FNOS/c1-14-6-8-15(9-7-14)13-22-11-10-20-18(21)12-16-4-2-3-5-17(16)19/h2-9H,10-13H2,1H3,(H,20,21). The van der Waals surface area contributed by atoms with Crippen LogP contribution >= 0.6 is 11.8 Å². The molecule has 0 aliphatic heterocycles. The molecule has 0 saturated heterocycles. The highest BCUT2D eigenvalue weighted by molar-refractivity contribution is 7.98. The van der Waals surface area contributed by atoms with Gasteiger partial charge >= 0.3 is 0 Å². The first-order valence-electron chi connectivity index (χ1n) is 7.28. The Morgan fingerprint density at radius 2 is 1.86 bits per heavy atom. The van der Waals surface area contributed by atoms with Gasteiger partial charge < -0.3 is 5.32 Å². The lowest BCUT2D eigenvalue weighted by Gasteiger charge is -2.06. The molecule has 0 fully saturated rings. The van der Waals surface area contributed by atoms with Gasteiger partial charge in [0, 0.05) is 18.1 Å². The van der Waals surface area contributed by atoms with E-state index in [0.717, 1.165) is 11.5 Å². The summed E-state index contributed by atoms with van der Waals surface area (Å²) in [4.78, 5) is 11.7. The van der Waals surface area contributed by atoms with Crippen molar-refractivity contribution in [3.8, 4) is 0 Å². The molecule has 0 heterocycles. The number of carbonyl (C=O) groups excluding carboxylic acids is 1. The molecule has 116 valence electrons. The lowest BCUT2D eigenvalue weighted by Crippen LogP contribution is -2.27. The first-order chi connectivity index (χ1) is 10.6. The van der Waals surface area contributed by atoms with Crippen molar-refractivity contribution in [3.05, 3.63) is 71.0 Å². The molecule has 0 bridgehead atoms. The molecule has 2 aromatic carbocycles. The highest BCUT2D eigenvalue weighted by Gasteiger charge is 2.06. The second-order valence-electron chi connectivity index (χ2n) is 5.16. The summed E-state index contributed by atoms with van der Waals surface area (Å²) in [6.45, 7) is 2.67. The van der Waals surface area contributed by atoms with Crippen molar-refractivity contribution in [1.29, 1.82) is 0 Å². The molecule has 0 aliphatic rings. The fourth-order valence-corrected chi connectivity index (χ4v) is 2.83. The van der Waals surface area contributed by atoms with E-state index in [0.29, 0.717) is 12.1 Å². The molecule has 0 aromatic heterocycles. The Balaban J connectivity index is 1.63. The topological polar surface area (TPSA) is 29.1 Å². The Labute approximate surface area is 135 Å². The first kappa shape index (κ1) is 16.6. The van der Waals surface area contributed by atoms with Crippen molar-refractivity contribution >= 4 is 17.7 Å². The van der Waals surface area contributed by atoms with Crippen LogP contribution < -0.4 is 5.32 Å². The Hall–Kier alpha value is -1.81. The maximum absolute atomic E-state index is 13.4. The van der Waals surface area contributed by atoms with Gasteiger partial charge in [-0.25, -0.2) is 4.39 Å². The second-order valence-corrected chi connectivity index (χ2v) is 6.26. The van der Waals surface area contributed by atoms with E-state index in [1.165, 1.54) is 17.2 Å². The third kappa shape index (κ3) is 5.53. The number of rotatable bonds is 7. The summed E-state index contributed by atoms with van der Waals surface area (Å²) in [7, 11) is 0. The quantitative estimate of drug-likeness (QED) is 0.789. The number of hydrogen-bond donors (Lipinski definition) is 1. The average molecular weight is 317 g/mol. The van der Waals surface area contributed by atoms with Gasteiger partial charge in [0.05, 0.1) is 6.42 Å². The van der Waals surface area contributed by atoms with Gasteiger partial charge in [-0.2, -0.15) is 11.8 Å². The molecule has 0 saturated carbocycles. The lowest BCUT2D eigenvalue weighted by atomic mass is 10.1. The monoisotopic (exact) mass is 317 g/mol. The zero-order chi connectivity index (χ0) is 15.8. The van der Waals surface area contributed by atoms with Crippen molar-refractivity contribution in [2.24, 2.45) is 0 Å². The van der Waals surface area contributed by atoms with Crippen LogP contribution in [0.5, 0.6) is 0 Å². The molecule has 0 atom stereocenters. The summed E-state index contributed by atoms with van der Waals surface area (Å²) < 4.78 is 13.4. The van der Waals surface area contributed by atoms with Gasteiger partial charge in [0.1, 0.15) is 5.82 Å². The summed E-state index contributed by atoms with van der Waals surface area (Å²) in [6, 6.07) is 14.8. The summed E-state index contributed by atoms with van der Waals surface area (Å²) in [5.74, 6) is 1.31. The van der Waals surface area contributed by atoms with Crippen molar-refractivity contribution in [2.45, 2.75) is 19.1 Å². The number of aryl methyl sites for hydroxylation is 1. The predicted molar refractivity (Wildman–Crippen MR) is 90.5 cm³/mol. The van der Waals surface area contributed by atoms with Crippen molar-refractivity contribution in [2.75, 3.05) is 12.3 Å². The van der Waals surface area contributed by atoms with Crippen LogP contribution in [0.2, 0.25) is 0 Å². The van der Waals surface area contributed by atoms with Gasteiger partial charge in [-0.15, -0.1) is 0 Å². The number of halogens is 1. The summed E-state index contributed by atoms with van der Waals surface area (Å²) in [6.07, 6.45) is 0.0926. The molecule has 4 heteroatoms. The van der Waals surface area contributed by atoms with E-state index in [4.69, 9.17) is 0 Å². The van der Waals surface area contributed by atoms with Crippen molar-refractivity contribution in [3.63, 3.8) is 0 Å². The van der Waals surface area contributed by atoms with E-state index in [9.17, 15) is 9.18 Å². The fourth-order valence-electron chi connectivity index (χ4n) is 2.01. The van der Waals surface area contributed by atoms with Gasteiger partial charge in [0.2, 0.25) is 5.91 Å². The molecule has 2 nitrogen and oxygen atoms in total. The van der Waals surface area contributed by atoms with Crippen molar-refractivity contribution < 1.29 is 9.18 Å². The number of nitrogens with one attached hydrogen (secondary N) is 1. The highest BCUT2D eigenvalue weighted by atomic mass is 32.2. The minimum Gasteiger partial charge on any atom is -0.355 e. The Bertz CT molecular complexity index is 613. The Morgan fingerprint density at radius 1 is 1.14 bits per heavy atom. The van der Waals surface area contributed by atoms with E-state index >= 15 is 0 Å². The zero-order valence-corrected chi connectivity index (χ0v) is 13.5. The van der Waals surface area contributed by atoms with Crippen LogP contribution in [-0.2, 0) is 17.0 Å². The minimum absolute atomic E-state index is 0.0926. The van der Waals surface area contributed by atoms with Gasteiger partial charge in [-0.3, -0.25) is 4.79 Å². The third-order valence-corrected chi connectivity index (χ3v) is 4.30. The van der Waals surface area contributed by atoms with Gasteiger partial charge in [0.25, 0.3) is 0 Å². The number of carbonyl (C=O) groups is 1. The summed E-state index contributed by atoms with van der Waals surface area (Å²) in [5.41, 5.74) is 2.98. The van der Waals surface area contributed by atoms with Crippen LogP contribution in [0, 0.1) is 12.7 Å². The molecule has 22 heavy (non-hydrogen) atoms. The van der Waals surface area contributed by atoms with Crippen LogP contribution in [0.25, 0.3) is 0 Å². The first-order valence-corrected chi connectivity index (χ1v) is 8.44. The van der Waals surface area contributed by atoms with Crippen LogP contribution in [0.1, 0.15) is 16.7 Å². The highest BCUT2D eigenvalue weighted by Crippen LogP contribution is 2.12. The van der Waals surface area contributed by atoms with Crippen LogP contribution in [0.4, 0.5) is 4.39 Å². The van der Waals surface area contributed by atoms with Crippen LogP contribution in [-0.4, -0.2) is 18.2 Å². The Kier molecular flexibility index (Phi) is 6.46. The van der Waals surface area contributed by atoms with Gasteiger partial charge in [-0.1, -0.05) is 48.0 Å². The molecular weight excluding hydrogens is 297 g/mol. The zero-order valence-electron chi connectivity index (χ0n) is 12.6. The maximum atomic E-state index is 13.4. The molecule has 1 amide bonds. The molecule has 0 unspecified atom stereocenters. The second kappa shape index (κ2) is 8.59. The van der Waals surface area contributed by atoms with E-state index in [2.05, 4.69) is 36.5 Å². The largest absolute Gasteiger partial charge is 0.355 e. The van der Waals surface area contributed by atoms with Crippen LogP contribution in [0.15, 0.2) is 48.5 Å². The fraction of sp³-hybridized carbons (Fsp3) is 0.278. The molecule has 0 spiro atoms. The van der Waals surface area contributed by atoms with Crippen LogP contribution in [0.3, 0.4) is 0 Å². The third-order valence-electron chi connectivity index (χ3n) is 3.27. The number of benzene rings is 2. The summed E-state index contributed by atoms with van der Waals surface area (Å²) in [5, 5.41) is 2.83. The SMILES string of the molecule is Cc1ccc(CSCCNC(=O)Cc2ccccc2F)cc1. The normalized spacial score (nSPS) is 10.5. The molecule has 0 aliphatic carbocycles. The smallest absolute Gasteiger partial charge is 0.224 e. The lowest BCUT2D eigenvalue weighted by molar-refractivity contribution is -0.120. The molecule has 2 rings (SSSR count). The van der Waals surface area contributed by atoms with E-state index in [-0.39, 0.29) is 18.1 Å². The Morgan fingerprint density at radius 3 is 2.59 bits per heavy atom. The predicted octanol–water partition coefficient (Wildman–Crippen LogP) is 3.73. The van der Waals surface area contributed by atoms with E-state index in [1.807, 2.05) is 0 Å². The van der Waals surface area contributed by atoms with E-state index in [1.54, 1.807) is 30.0 Å². The van der Waals surface area contributed by atoms with Gasteiger partial charge in [0.15, 0.2) is 0 Å². The minimum atomic E-state index is -0.327.